The van der Waals surface area contributed by atoms with Crippen LogP contribution in [-0.4, -0.2) is 42.6 Å². The number of thiophene rings is 1. The average molecular weight is 328 g/mol. The fourth-order valence-corrected chi connectivity index (χ4v) is 5.68. The van der Waals surface area contributed by atoms with Crippen LogP contribution in [0.1, 0.15) is 28.9 Å². The van der Waals surface area contributed by atoms with Crippen molar-refractivity contribution in [2.45, 2.75) is 30.8 Å². The van der Waals surface area contributed by atoms with Gasteiger partial charge < -0.3 is 10.1 Å². The molecule has 1 amide bonds. The third-order valence-corrected chi connectivity index (χ3v) is 7.07. The van der Waals surface area contributed by atoms with E-state index in [1.165, 1.54) is 43.7 Å². The molecule has 5 heteroatoms. The molecule has 2 aromatic rings. The number of carbonyl (C=O) groups is 1. The number of nitrogens with one attached hydrogen (secondary N) is 1. The number of hydrogen-bond donors (Lipinski definition) is 1. The van der Waals surface area contributed by atoms with Crippen LogP contribution in [0.25, 0.3) is 10.1 Å². The minimum Gasteiger partial charge on any atom is -0.495 e. The maximum atomic E-state index is 12.8. The molecular weight excluding hydrogens is 308 g/mol. The molecular formula is C18H20N2O2S. The predicted octanol–water partition coefficient (Wildman–Crippen LogP) is 2.88. The van der Waals surface area contributed by atoms with Gasteiger partial charge in [0.2, 0.25) is 0 Å². The van der Waals surface area contributed by atoms with Gasteiger partial charge in [0.05, 0.1) is 22.7 Å². The third kappa shape index (κ3) is 1.90. The zero-order valence-electron chi connectivity index (χ0n) is 13.2. The van der Waals surface area contributed by atoms with E-state index in [0.29, 0.717) is 17.5 Å². The number of carbonyl (C=O) groups excluding carboxylic acids is 1. The Morgan fingerprint density at radius 2 is 2.30 bits per heavy atom. The summed E-state index contributed by atoms with van der Waals surface area (Å²) in [4.78, 5) is 16.2. The summed E-state index contributed by atoms with van der Waals surface area (Å²) in [5.74, 6) is 1.57. The Labute approximate surface area is 139 Å². The minimum atomic E-state index is 0.0817. The van der Waals surface area contributed by atoms with Gasteiger partial charge in [0.25, 0.3) is 5.91 Å². The molecule has 120 valence electrons. The van der Waals surface area contributed by atoms with E-state index < -0.39 is 0 Å². The molecule has 5 rings (SSSR count). The normalized spacial score (nSPS) is 30.0. The fourth-order valence-electron chi connectivity index (χ4n) is 4.63. The zero-order chi connectivity index (χ0) is 15.6. The second kappa shape index (κ2) is 4.71. The molecule has 4 nitrogen and oxygen atoms in total. The molecule has 3 aliphatic rings. The maximum Gasteiger partial charge on any atom is 0.261 e. The van der Waals surface area contributed by atoms with E-state index in [1.807, 2.05) is 24.3 Å². The Balaban J connectivity index is 1.43. The molecule has 23 heavy (non-hydrogen) atoms. The lowest BCUT2D eigenvalue weighted by molar-refractivity contribution is 0.0896. The fraction of sp³-hybridized carbons (Fsp3) is 0.500. The van der Waals surface area contributed by atoms with Gasteiger partial charge in [-0.05, 0) is 49.2 Å². The minimum absolute atomic E-state index is 0.0817. The van der Waals surface area contributed by atoms with E-state index in [2.05, 4.69) is 10.2 Å². The Morgan fingerprint density at radius 3 is 3.09 bits per heavy atom. The van der Waals surface area contributed by atoms with Crippen molar-refractivity contribution in [2.75, 3.05) is 20.2 Å². The first-order valence-corrected chi connectivity index (χ1v) is 9.15. The number of amides is 1. The lowest BCUT2D eigenvalue weighted by Crippen LogP contribution is -2.51. The van der Waals surface area contributed by atoms with Crippen LogP contribution in [0.5, 0.6) is 5.75 Å². The van der Waals surface area contributed by atoms with E-state index in [4.69, 9.17) is 4.74 Å². The highest BCUT2D eigenvalue weighted by Crippen LogP contribution is 2.55. The molecule has 2 aliphatic heterocycles. The first kappa shape index (κ1) is 13.8. The van der Waals surface area contributed by atoms with Gasteiger partial charge in [0.15, 0.2) is 0 Å². The van der Waals surface area contributed by atoms with Crippen molar-refractivity contribution < 1.29 is 9.53 Å². The number of nitrogens with zero attached hydrogens (tertiary/aromatic N) is 1. The Kier molecular flexibility index (Phi) is 2.83. The monoisotopic (exact) mass is 328 g/mol. The molecule has 1 N–H and O–H groups in total. The molecule has 3 atom stereocenters. The second-order valence-corrected chi connectivity index (χ2v) is 8.09. The summed E-state index contributed by atoms with van der Waals surface area (Å²) in [6.07, 6.45) is 3.72. The summed E-state index contributed by atoms with van der Waals surface area (Å²) in [5, 5.41) is 4.45. The van der Waals surface area contributed by atoms with E-state index in [9.17, 15) is 4.79 Å². The molecule has 2 bridgehead atoms. The van der Waals surface area contributed by atoms with Gasteiger partial charge in [-0.3, -0.25) is 9.69 Å². The van der Waals surface area contributed by atoms with Crippen molar-refractivity contribution in [2.24, 2.45) is 5.92 Å². The average Bonchev–Trinajstić information content (AvgIpc) is 2.96. The summed E-state index contributed by atoms with van der Waals surface area (Å²) in [7, 11) is 1.68. The number of methoxy groups -OCH3 is 1. The summed E-state index contributed by atoms with van der Waals surface area (Å²) < 4.78 is 6.46. The topological polar surface area (TPSA) is 41.6 Å². The summed E-state index contributed by atoms with van der Waals surface area (Å²) in [5.41, 5.74) is 0.299. The Morgan fingerprint density at radius 1 is 1.43 bits per heavy atom. The van der Waals surface area contributed by atoms with Crippen LogP contribution in [-0.2, 0) is 0 Å². The number of rotatable bonds is 3. The van der Waals surface area contributed by atoms with E-state index in [-0.39, 0.29) is 5.91 Å². The number of hydrogen-bond acceptors (Lipinski definition) is 4. The van der Waals surface area contributed by atoms with Gasteiger partial charge >= 0.3 is 0 Å². The molecule has 1 saturated carbocycles. The molecule has 2 unspecified atom stereocenters. The van der Waals surface area contributed by atoms with Crippen molar-refractivity contribution in [3.05, 3.63) is 29.1 Å². The second-order valence-electron chi connectivity index (χ2n) is 7.04. The van der Waals surface area contributed by atoms with Crippen LogP contribution < -0.4 is 10.1 Å². The number of fused-ring (bicyclic) bond motifs is 4. The van der Waals surface area contributed by atoms with Crippen LogP contribution in [0.3, 0.4) is 0 Å². The summed E-state index contributed by atoms with van der Waals surface area (Å²) in [6, 6.07) is 8.29. The highest BCUT2D eigenvalue weighted by atomic mass is 32.1. The first-order chi connectivity index (χ1) is 11.2. The van der Waals surface area contributed by atoms with Crippen molar-refractivity contribution >= 4 is 27.3 Å². The van der Waals surface area contributed by atoms with Gasteiger partial charge in [-0.2, -0.15) is 0 Å². The van der Waals surface area contributed by atoms with E-state index >= 15 is 0 Å². The molecule has 1 spiro atoms. The highest BCUT2D eigenvalue weighted by Gasteiger charge is 2.63. The number of benzene rings is 1. The highest BCUT2D eigenvalue weighted by molar-refractivity contribution is 7.21. The van der Waals surface area contributed by atoms with Crippen molar-refractivity contribution in [1.82, 2.24) is 10.2 Å². The van der Waals surface area contributed by atoms with Gasteiger partial charge in [0, 0.05) is 12.1 Å². The van der Waals surface area contributed by atoms with Gasteiger partial charge in [-0.15, -0.1) is 11.3 Å². The third-order valence-electron chi connectivity index (χ3n) is 5.91. The SMILES string of the molecule is COc1cccc2cc(C(=O)N[C@@H]3C4CCN(C4)C34CC4)sc12. The van der Waals surface area contributed by atoms with Gasteiger partial charge in [-0.25, -0.2) is 0 Å². The lowest BCUT2D eigenvalue weighted by atomic mass is 9.92. The zero-order valence-corrected chi connectivity index (χ0v) is 14.0. The largest absolute Gasteiger partial charge is 0.495 e. The molecule has 0 radical (unpaired) electrons. The standard InChI is InChI=1S/C18H20N2O2S/c1-22-13-4-2-3-11-9-14(23-15(11)13)17(21)19-16-12-5-8-20(10-12)18(16)6-7-18/h2-4,9,12,16H,5-8,10H2,1H3,(H,19,21)/t12?,16-/m1/s1. The molecule has 3 fully saturated rings. The van der Waals surface area contributed by atoms with Crippen molar-refractivity contribution in [3.8, 4) is 5.75 Å². The molecule has 2 saturated heterocycles. The maximum absolute atomic E-state index is 12.8. The molecule has 1 aliphatic carbocycles. The van der Waals surface area contributed by atoms with E-state index in [0.717, 1.165) is 20.7 Å². The Hall–Kier alpha value is -1.59. The van der Waals surface area contributed by atoms with Crippen LogP contribution in [0.2, 0.25) is 0 Å². The Bertz CT molecular complexity index is 795. The van der Waals surface area contributed by atoms with Crippen LogP contribution in [0.4, 0.5) is 0 Å². The van der Waals surface area contributed by atoms with Gasteiger partial charge in [0.1, 0.15) is 5.75 Å². The van der Waals surface area contributed by atoms with Crippen LogP contribution in [0, 0.1) is 5.92 Å². The summed E-state index contributed by atoms with van der Waals surface area (Å²) >= 11 is 1.53. The smallest absolute Gasteiger partial charge is 0.261 e. The van der Waals surface area contributed by atoms with Gasteiger partial charge in [-0.1, -0.05) is 12.1 Å². The quantitative estimate of drug-likeness (QED) is 0.942. The molecule has 1 aromatic heterocycles. The van der Waals surface area contributed by atoms with Crippen LogP contribution >= 0.6 is 11.3 Å². The first-order valence-electron chi connectivity index (χ1n) is 8.34. The number of piperidine rings is 1. The lowest BCUT2D eigenvalue weighted by Gasteiger charge is -2.33. The molecule has 1 aromatic carbocycles. The van der Waals surface area contributed by atoms with E-state index in [1.54, 1.807) is 7.11 Å². The summed E-state index contributed by atoms with van der Waals surface area (Å²) in [6.45, 7) is 2.39. The number of ether oxygens (including phenoxy) is 1. The molecule has 3 heterocycles. The van der Waals surface area contributed by atoms with Crippen LogP contribution in [0.15, 0.2) is 24.3 Å². The van der Waals surface area contributed by atoms with Crippen molar-refractivity contribution in [3.63, 3.8) is 0 Å². The van der Waals surface area contributed by atoms with Crippen molar-refractivity contribution in [1.29, 1.82) is 0 Å². The predicted molar refractivity (Wildman–Crippen MR) is 91.3 cm³/mol.